The molecule has 0 amide bonds. The van der Waals surface area contributed by atoms with Gasteiger partial charge in [0.05, 0.1) is 5.69 Å². The van der Waals surface area contributed by atoms with Crippen LogP contribution in [0.1, 0.15) is 76.7 Å². The third-order valence-corrected chi connectivity index (χ3v) is 6.37. The molecule has 1 nitrogen and oxygen atoms in total. The monoisotopic (exact) mass is 294 g/mol. The highest BCUT2D eigenvalue weighted by Crippen LogP contribution is 2.56. The van der Waals surface area contributed by atoms with Crippen LogP contribution in [0, 0.1) is 11.3 Å². The van der Waals surface area contributed by atoms with Crippen molar-refractivity contribution in [2.24, 2.45) is 11.3 Å². The molecular formula is C21H28N. The fourth-order valence-corrected chi connectivity index (χ4v) is 5.10. The number of nitrogens with zero attached hydrogens (tertiary/aromatic N) is 1. The molecule has 0 aromatic heterocycles. The molecule has 0 bridgehead atoms. The maximum atomic E-state index is 4.93. The SMILES string of the molecule is CC1(C2CCC3=C2c2ccccc2[N]3)CCCCCCCC1. The molecule has 0 N–H and O–H groups in total. The van der Waals surface area contributed by atoms with Gasteiger partial charge in [0.25, 0.3) is 0 Å². The summed E-state index contributed by atoms with van der Waals surface area (Å²) in [4.78, 5) is 0. The molecular weight excluding hydrogens is 266 g/mol. The third kappa shape index (κ3) is 2.39. The van der Waals surface area contributed by atoms with Crippen LogP contribution in [-0.4, -0.2) is 0 Å². The van der Waals surface area contributed by atoms with Gasteiger partial charge in [0, 0.05) is 11.3 Å². The second-order valence-corrected chi connectivity index (χ2v) is 7.86. The van der Waals surface area contributed by atoms with Crippen LogP contribution in [0.5, 0.6) is 0 Å². The van der Waals surface area contributed by atoms with E-state index in [9.17, 15) is 0 Å². The van der Waals surface area contributed by atoms with Crippen LogP contribution < -0.4 is 5.32 Å². The minimum Gasteiger partial charge on any atom is -0.253 e. The smallest absolute Gasteiger partial charge is 0.0708 e. The van der Waals surface area contributed by atoms with Gasteiger partial charge in [0.2, 0.25) is 0 Å². The van der Waals surface area contributed by atoms with Gasteiger partial charge in [-0.3, -0.25) is 5.32 Å². The minimum atomic E-state index is 0.494. The van der Waals surface area contributed by atoms with E-state index in [0.717, 1.165) is 5.92 Å². The molecule has 3 aliphatic rings. The summed E-state index contributed by atoms with van der Waals surface area (Å²) in [5.74, 6) is 0.744. The lowest BCUT2D eigenvalue weighted by Crippen LogP contribution is -2.27. The van der Waals surface area contributed by atoms with Crippen LogP contribution in [0.4, 0.5) is 5.69 Å². The van der Waals surface area contributed by atoms with E-state index in [-0.39, 0.29) is 0 Å². The van der Waals surface area contributed by atoms with Gasteiger partial charge in [0.15, 0.2) is 0 Å². The summed E-state index contributed by atoms with van der Waals surface area (Å²) in [6.07, 6.45) is 14.0. The fraction of sp³-hybridized carbons (Fsp3) is 0.619. The second-order valence-electron chi connectivity index (χ2n) is 7.86. The first-order valence-corrected chi connectivity index (χ1v) is 9.32. The first-order valence-electron chi connectivity index (χ1n) is 9.32. The minimum absolute atomic E-state index is 0.494. The van der Waals surface area contributed by atoms with Gasteiger partial charge in [-0.2, -0.15) is 0 Å². The molecule has 1 saturated carbocycles. The molecule has 1 aromatic carbocycles. The maximum absolute atomic E-state index is 4.93. The molecule has 1 aliphatic heterocycles. The van der Waals surface area contributed by atoms with Crippen LogP contribution >= 0.6 is 0 Å². The highest BCUT2D eigenvalue weighted by atomic mass is 14.9. The lowest BCUT2D eigenvalue weighted by atomic mass is 9.67. The molecule has 1 atom stereocenters. The molecule has 1 unspecified atom stereocenters. The zero-order valence-electron chi connectivity index (χ0n) is 13.9. The van der Waals surface area contributed by atoms with Crippen molar-refractivity contribution < 1.29 is 0 Å². The van der Waals surface area contributed by atoms with Gasteiger partial charge in [-0.25, -0.2) is 0 Å². The predicted octanol–water partition coefficient (Wildman–Crippen LogP) is 6.20. The zero-order chi connectivity index (χ0) is 15.0. The number of para-hydroxylation sites is 1. The summed E-state index contributed by atoms with van der Waals surface area (Å²) in [7, 11) is 0. The second kappa shape index (κ2) is 5.76. The number of rotatable bonds is 1. The first kappa shape index (κ1) is 14.4. The summed E-state index contributed by atoms with van der Waals surface area (Å²) in [6, 6.07) is 8.81. The van der Waals surface area contributed by atoms with Crippen LogP contribution in [0.2, 0.25) is 0 Å². The lowest BCUT2D eigenvalue weighted by Gasteiger charge is -2.37. The van der Waals surface area contributed by atoms with Crippen LogP contribution in [0.3, 0.4) is 0 Å². The topological polar surface area (TPSA) is 14.1 Å². The fourth-order valence-electron chi connectivity index (χ4n) is 5.10. The van der Waals surface area contributed by atoms with Crippen molar-refractivity contribution in [3.05, 3.63) is 35.5 Å². The normalized spacial score (nSPS) is 27.4. The largest absolute Gasteiger partial charge is 0.253 e. The van der Waals surface area contributed by atoms with Crippen molar-refractivity contribution in [2.75, 3.05) is 0 Å². The standard InChI is InChI=1S/C21H28N/c1-21(14-8-4-2-3-5-9-15-21)17-12-13-19-20(17)16-10-6-7-11-18(16)22-19/h6-7,10-11,17H,2-5,8-9,12-15H2,1H3. The van der Waals surface area contributed by atoms with E-state index in [2.05, 4.69) is 31.2 Å². The molecule has 0 saturated heterocycles. The van der Waals surface area contributed by atoms with Gasteiger partial charge in [-0.15, -0.1) is 0 Å². The highest BCUT2D eigenvalue weighted by Gasteiger charge is 2.43. The summed E-state index contributed by atoms with van der Waals surface area (Å²) in [6.45, 7) is 2.58. The molecule has 1 aromatic rings. The van der Waals surface area contributed by atoms with E-state index in [0.29, 0.717) is 5.41 Å². The van der Waals surface area contributed by atoms with Crippen LogP contribution in [0.15, 0.2) is 30.0 Å². The molecule has 2 aliphatic carbocycles. The van der Waals surface area contributed by atoms with Crippen molar-refractivity contribution in [3.8, 4) is 0 Å². The summed E-state index contributed by atoms with van der Waals surface area (Å²) in [5.41, 5.74) is 6.20. The van der Waals surface area contributed by atoms with E-state index in [1.165, 1.54) is 81.2 Å². The number of hydrogen-bond donors (Lipinski definition) is 0. The lowest BCUT2D eigenvalue weighted by molar-refractivity contribution is 0.185. The Hall–Kier alpha value is -1.24. The molecule has 117 valence electrons. The summed E-state index contributed by atoms with van der Waals surface area (Å²) in [5, 5.41) is 4.93. The Balaban J connectivity index is 1.64. The molecule has 0 spiro atoms. The van der Waals surface area contributed by atoms with Crippen molar-refractivity contribution in [3.63, 3.8) is 0 Å². The molecule has 1 heteroatoms. The van der Waals surface area contributed by atoms with E-state index < -0.39 is 0 Å². The molecule has 22 heavy (non-hydrogen) atoms. The zero-order valence-corrected chi connectivity index (χ0v) is 13.9. The summed E-state index contributed by atoms with van der Waals surface area (Å²) < 4.78 is 0. The van der Waals surface area contributed by atoms with E-state index in [1.807, 2.05) is 0 Å². The summed E-state index contributed by atoms with van der Waals surface area (Å²) >= 11 is 0. The van der Waals surface area contributed by atoms with Gasteiger partial charge in [-0.05, 0) is 48.7 Å². The number of benzene rings is 1. The molecule has 1 radical (unpaired) electrons. The van der Waals surface area contributed by atoms with Crippen LogP contribution in [0.25, 0.3) is 5.57 Å². The van der Waals surface area contributed by atoms with Gasteiger partial charge < -0.3 is 0 Å². The third-order valence-electron chi connectivity index (χ3n) is 6.37. The van der Waals surface area contributed by atoms with Crippen molar-refractivity contribution in [2.45, 2.75) is 71.1 Å². The number of hydrogen-bond acceptors (Lipinski definition) is 0. The highest BCUT2D eigenvalue weighted by molar-refractivity contribution is 5.84. The number of allylic oxidation sites excluding steroid dienone is 2. The Labute approximate surface area is 135 Å². The Morgan fingerprint density at radius 2 is 1.64 bits per heavy atom. The van der Waals surface area contributed by atoms with Crippen LogP contribution in [-0.2, 0) is 0 Å². The van der Waals surface area contributed by atoms with Gasteiger partial charge in [-0.1, -0.05) is 63.6 Å². The molecule has 1 fully saturated rings. The molecule has 4 rings (SSSR count). The Bertz CT molecular complexity index is 573. The van der Waals surface area contributed by atoms with Crippen molar-refractivity contribution in [1.29, 1.82) is 0 Å². The number of fused-ring (bicyclic) bond motifs is 2. The Morgan fingerprint density at radius 3 is 2.41 bits per heavy atom. The van der Waals surface area contributed by atoms with Crippen molar-refractivity contribution >= 4 is 11.3 Å². The predicted molar refractivity (Wildman–Crippen MR) is 92.9 cm³/mol. The average Bonchev–Trinajstić information content (AvgIpc) is 3.10. The van der Waals surface area contributed by atoms with Gasteiger partial charge >= 0.3 is 0 Å². The van der Waals surface area contributed by atoms with Crippen molar-refractivity contribution in [1.82, 2.24) is 5.32 Å². The van der Waals surface area contributed by atoms with Gasteiger partial charge in [0.1, 0.15) is 0 Å². The Kier molecular flexibility index (Phi) is 3.76. The molecule has 1 heterocycles. The quantitative estimate of drug-likeness (QED) is 0.585. The van der Waals surface area contributed by atoms with E-state index in [1.54, 1.807) is 5.57 Å². The average molecular weight is 294 g/mol. The van der Waals surface area contributed by atoms with E-state index in [4.69, 9.17) is 5.32 Å². The first-order chi connectivity index (χ1) is 10.8. The van der Waals surface area contributed by atoms with E-state index >= 15 is 0 Å². The Morgan fingerprint density at radius 1 is 0.955 bits per heavy atom. The maximum Gasteiger partial charge on any atom is 0.0708 e.